The normalized spacial score (nSPS) is 9.68. The van der Waals surface area contributed by atoms with Crippen molar-refractivity contribution < 1.29 is 19.0 Å². The number of benzene rings is 2. The molecule has 0 saturated carbocycles. The van der Waals surface area contributed by atoms with Gasteiger partial charge in [-0.1, -0.05) is 0 Å². The number of nitriles is 1. The zero-order valence-corrected chi connectivity index (χ0v) is 12.3. The monoisotopic (exact) mass is 297 g/mol. The zero-order chi connectivity index (χ0) is 15.9. The molecular formula is C17H15NO4. The molecule has 0 unspecified atom stereocenters. The molecule has 0 fully saturated rings. The Bertz CT molecular complexity index is 702. The van der Waals surface area contributed by atoms with E-state index in [2.05, 4.69) is 0 Å². The lowest BCUT2D eigenvalue weighted by Crippen LogP contribution is -2.09. The standard InChI is InChI=1S/C17H15NO4/c1-3-21-15-9-6-13(10-16(15)20-2)17(19)22-14-7-4-12(11-18)5-8-14/h4-10H,3H2,1-2H3. The topological polar surface area (TPSA) is 68.5 Å². The Kier molecular flexibility index (Phi) is 4.99. The van der Waals surface area contributed by atoms with E-state index in [0.29, 0.717) is 35.0 Å². The lowest BCUT2D eigenvalue weighted by atomic mass is 10.2. The Labute approximate surface area is 128 Å². The van der Waals surface area contributed by atoms with Crippen molar-refractivity contribution in [2.45, 2.75) is 6.92 Å². The average molecular weight is 297 g/mol. The van der Waals surface area contributed by atoms with E-state index >= 15 is 0 Å². The summed E-state index contributed by atoms with van der Waals surface area (Å²) in [6, 6.07) is 13.2. The van der Waals surface area contributed by atoms with Gasteiger partial charge in [0.2, 0.25) is 0 Å². The molecule has 0 bridgehead atoms. The molecule has 0 heterocycles. The van der Waals surface area contributed by atoms with E-state index in [0.717, 1.165) is 0 Å². The van der Waals surface area contributed by atoms with Gasteiger partial charge in [0.15, 0.2) is 11.5 Å². The maximum absolute atomic E-state index is 12.1. The molecule has 0 amide bonds. The highest BCUT2D eigenvalue weighted by Crippen LogP contribution is 2.28. The van der Waals surface area contributed by atoms with Crippen LogP contribution in [-0.4, -0.2) is 19.7 Å². The van der Waals surface area contributed by atoms with Crippen LogP contribution in [0, 0.1) is 11.3 Å². The maximum atomic E-state index is 12.1. The van der Waals surface area contributed by atoms with Gasteiger partial charge in [-0.2, -0.15) is 5.26 Å². The Balaban J connectivity index is 2.16. The number of ether oxygens (including phenoxy) is 3. The molecule has 22 heavy (non-hydrogen) atoms. The van der Waals surface area contributed by atoms with Crippen LogP contribution in [0.5, 0.6) is 17.2 Å². The van der Waals surface area contributed by atoms with E-state index < -0.39 is 5.97 Å². The lowest BCUT2D eigenvalue weighted by Gasteiger charge is -2.10. The molecule has 112 valence electrons. The fourth-order valence-corrected chi connectivity index (χ4v) is 1.83. The molecule has 2 aromatic rings. The van der Waals surface area contributed by atoms with Crippen molar-refractivity contribution >= 4 is 5.97 Å². The molecule has 0 radical (unpaired) electrons. The van der Waals surface area contributed by atoms with E-state index in [9.17, 15) is 4.79 Å². The highest BCUT2D eigenvalue weighted by Gasteiger charge is 2.13. The summed E-state index contributed by atoms with van der Waals surface area (Å²) in [7, 11) is 1.51. The fourth-order valence-electron chi connectivity index (χ4n) is 1.83. The van der Waals surface area contributed by atoms with Crippen molar-refractivity contribution in [1.82, 2.24) is 0 Å². The number of carbonyl (C=O) groups excluding carboxylic acids is 1. The Morgan fingerprint density at radius 3 is 2.45 bits per heavy atom. The van der Waals surface area contributed by atoms with Crippen molar-refractivity contribution in [3.05, 3.63) is 53.6 Å². The molecule has 0 atom stereocenters. The minimum Gasteiger partial charge on any atom is -0.493 e. The van der Waals surface area contributed by atoms with Gasteiger partial charge in [0, 0.05) is 0 Å². The van der Waals surface area contributed by atoms with Crippen molar-refractivity contribution in [2.24, 2.45) is 0 Å². The molecule has 5 heteroatoms. The molecule has 0 N–H and O–H groups in total. The number of rotatable bonds is 5. The fraction of sp³-hybridized carbons (Fsp3) is 0.176. The lowest BCUT2D eigenvalue weighted by molar-refractivity contribution is 0.0734. The Hall–Kier alpha value is -3.00. The third-order valence-electron chi connectivity index (χ3n) is 2.89. The molecule has 0 saturated heterocycles. The summed E-state index contributed by atoms with van der Waals surface area (Å²) in [5, 5.41) is 8.73. The number of esters is 1. The molecule has 0 aliphatic rings. The van der Waals surface area contributed by atoms with Crippen LogP contribution in [0.15, 0.2) is 42.5 Å². The summed E-state index contributed by atoms with van der Waals surface area (Å²) < 4.78 is 15.9. The first-order valence-corrected chi connectivity index (χ1v) is 6.71. The molecule has 5 nitrogen and oxygen atoms in total. The summed E-state index contributed by atoms with van der Waals surface area (Å²) in [6.45, 7) is 2.37. The van der Waals surface area contributed by atoms with E-state index in [4.69, 9.17) is 19.5 Å². The predicted octanol–water partition coefficient (Wildman–Crippen LogP) is 3.18. The van der Waals surface area contributed by atoms with Crippen molar-refractivity contribution in [3.63, 3.8) is 0 Å². The molecule has 0 aromatic heterocycles. The van der Waals surface area contributed by atoms with E-state index in [-0.39, 0.29) is 0 Å². The molecule has 0 spiro atoms. The minimum absolute atomic E-state index is 0.352. The zero-order valence-electron chi connectivity index (χ0n) is 12.3. The second-order valence-corrected chi connectivity index (χ2v) is 4.32. The quantitative estimate of drug-likeness (QED) is 0.626. The maximum Gasteiger partial charge on any atom is 0.343 e. The van der Waals surface area contributed by atoms with Crippen molar-refractivity contribution in [1.29, 1.82) is 5.26 Å². The predicted molar refractivity (Wildman–Crippen MR) is 80.3 cm³/mol. The SMILES string of the molecule is CCOc1ccc(C(=O)Oc2ccc(C#N)cc2)cc1OC. The van der Waals surface area contributed by atoms with E-state index in [1.165, 1.54) is 7.11 Å². The summed E-state index contributed by atoms with van der Waals surface area (Å²) in [6.07, 6.45) is 0. The van der Waals surface area contributed by atoms with Gasteiger partial charge in [0.05, 0.1) is 30.9 Å². The summed E-state index contributed by atoms with van der Waals surface area (Å²) in [5.74, 6) is 0.902. The van der Waals surface area contributed by atoms with Crippen LogP contribution in [0.3, 0.4) is 0 Å². The third kappa shape index (κ3) is 3.55. The first kappa shape index (κ1) is 15.4. The van der Waals surface area contributed by atoms with Gasteiger partial charge in [-0.05, 0) is 49.4 Å². The van der Waals surface area contributed by atoms with Crippen LogP contribution >= 0.6 is 0 Å². The summed E-state index contributed by atoms with van der Waals surface area (Å²) >= 11 is 0. The summed E-state index contributed by atoms with van der Waals surface area (Å²) in [5.41, 5.74) is 0.854. The molecular weight excluding hydrogens is 282 g/mol. The van der Waals surface area contributed by atoms with Gasteiger partial charge in [-0.25, -0.2) is 4.79 Å². The van der Waals surface area contributed by atoms with Gasteiger partial charge >= 0.3 is 5.97 Å². The van der Waals surface area contributed by atoms with Gasteiger partial charge in [-0.15, -0.1) is 0 Å². The second kappa shape index (κ2) is 7.14. The van der Waals surface area contributed by atoms with E-state index in [1.54, 1.807) is 42.5 Å². The smallest absolute Gasteiger partial charge is 0.343 e. The number of hydrogen-bond donors (Lipinski definition) is 0. The number of hydrogen-bond acceptors (Lipinski definition) is 5. The van der Waals surface area contributed by atoms with Crippen molar-refractivity contribution in [2.75, 3.05) is 13.7 Å². The molecule has 2 aromatic carbocycles. The van der Waals surface area contributed by atoms with Crippen LogP contribution < -0.4 is 14.2 Å². The summed E-state index contributed by atoms with van der Waals surface area (Å²) in [4.78, 5) is 12.1. The first-order valence-electron chi connectivity index (χ1n) is 6.71. The number of methoxy groups -OCH3 is 1. The molecule has 0 aliphatic heterocycles. The van der Waals surface area contributed by atoms with Crippen LogP contribution in [0.1, 0.15) is 22.8 Å². The van der Waals surface area contributed by atoms with Crippen LogP contribution in [0.25, 0.3) is 0 Å². The highest BCUT2D eigenvalue weighted by molar-refractivity contribution is 5.91. The average Bonchev–Trinajstić information content (AvgIpc) is 2.56. The molecule has 2 rings (SSSR count). The van der Waals surface area contributed by atoms with Crippen LogP contribution in [-0.2, 0) is 0 Å². The van der Waals surface area contributed by atoms with Crippen LogP contribution in [0.2, 0.25) is 0 Å². The van der Waals surface area contributed by atoms with Gasteiger partial charge < -0.3 is 14.2 Å². The van der Waals surface area contributed by atoms with Gasteiger partial charge in [0.1, 0.15) is 5.75 Å². The molecule has 0 aliphatic carbocycles. The number of nitrogens with zero attached hydrogens (tertiary/aromatic N) is 1. The van der Waals surface area contributed by atoms with Gasteiger partial charge in [0.25, 0.3) is 0 Å². The van der Waals surface area contributed by atoms with E-state index in [1.807, 2.05) is 13.0 Å². The number of carbonyl (C=O) groups is 1. The Morgan fingerprint density at radius 1 is 1.14 bits per heavy atom. The Morgan fingerprint density at radius 2 is 1.86 bits per heavy atom. The highest BCUT2D eigenvalue weighted by atomic mass is 16.5. The third-order valence-corrected chi connectivity index (χ3v) is 2.89. The second-order valence-electron chi connectivity index (χ2n) is 4.32. The van der Waals surface area contributed by atoms with Crippen LogP contribution in [0.4, 0.5) is 0 Å². The van der Waals surface area contributed by atoms with Gasteiger partial charge in [-0.3, -0.25) is 0 Å². The van der Waals surface area contributed by atoms with Crippen molar-refractivity contribution in [3.8, 4) is 23.3 Å². The largest absolute Gasteiger partial charge is 0.493 e. The minimum atomic E-state index is -0.508. The first-order chi connectivity index (χ1) is 10.7.